The monoisotopic (exact) mass is 338 g/mol. The van der Waals surface area contributed by atoms with E-state index in [1.165, 1.54) is 12.1 Å². The predicted octanol–water partition coefficient (Wildman–Crippen LogP) is 2.47. The maximum atomic E-state index is 11.7. The van der Waals surface area contributed by atoms with Crippen molar-refractivity contribution >= 4 is 52.3 Å². The minimum atomic E-state index is -0.880. The Bertz CT molecular complexity index is 523. The van der Waals surface area contributed by atoms with Crippen molar-refractivity contribution in [3.8, 4) is 0 Å². The molecule has 1 aromatic carbocycles. The molecule has 0 saturated carbocycles. The first-order chi connectivity index (χ1) is 9.35. The van der Waals surface area contributed by atoms with Crippen molar-refractivity contribution in [2.75, 3.05) is 11.9 Å². The van der Waals surface area contributed by atoms with Crippen LogP contribution in [0.3, 0.4) is 0 Å². The van der Waals surface area contributed by atoms with Gasteiger partial charge < -0.3 is 15.7 Å². The summed E-state index contributed by atoms with van der Waals surface area (Å²) in [5.41, 5.74) is 0.191. The van der Waals surface area contributed by atoms with Gasteiger partial charge in [0.25, 0.3) is 0 Å². The molecule has 0 radical (unpaired) electrons. The van der Waals surface area contributed by atoms with Crippen molar-refractivity contribution in [3.63, 3.8) is 0 Å². The van der Waals surface area contributed by atoms with Crippen LogP contribution < -0.4 is 10.6 Å². The third-order valence-corrected chi connectivity index (χ3v) is 3.44. The molecule has 3 N–H and O–H groups in total. The zero-order chi connectivity index (χ0) is 15.3. The number of rotatable bonds is 4. The van der Waals surface area contributed by atoms with E-state index in [4.69, 9.17) is 39.9 Å². The normalized spacial score (nSPS) is 11.8. The highest BCUT2D eigenvalue weighted by molar-refractivity contribution is 6.45. The second-order valence-corrected chi connectivity index (χ2v) is 5.31. The Morgan fingerprint density at radius 2 is 1.75 bits per heavy atom. The molecule has 8 heteroatoms. The first-order valence-corrected chi connectivity index (χ1v) is 6.85. The molecule has 0 aromatic heterocycles. The van der Waals surface area contributed by atoms with Crippen molar-refractivity contribution < 1.29 is 14.7 Å². The van der Waals surface area contributed by atoms with Crippen LogP contribution in [-0.4, -0.2) is 29.6 Å². The van der Waals surface area contributed by atoms with Crippen LogP contribution in [-0.2, 0) is 9.59 Å². The average Bonchev–Trinajstić information content (AvgIpc) is 2.35. The highest BCUT2D eigenvalue weighted by Gasteiger charge is 2.17. The number of carbonyl (C=O) groups is 2. The number of amides is 2. The molecule has 0 fully saturated rings. The number of hydrogen-bond acceptors (Lipinski definition) is 3. The van der Waals surface area contributed by atoms with E-state index in [-0.39, 0.29) is 33.4 Å². The number of aliphatic hydroxyl groups excluding tert-OH is 1. The molecular formula is C12H13Cl3N2O3. The van der Waals surface area contributed by atoms with Gasteiger partial charge in [-0.05, 0) is 25.5 Å². The quantitative estimate of drug-likeness (QED) is 0.582. The van der Waals surface area contributed by atoms with Gasteiger partial charge in [0, 0.05) is 12.6 Å². The lowest BCUT2D eigenvalue weighted by molar-refractivity contribution is -0.136. The molecule has 0 saturated heterocycles. The van der Waals surface area contributed by atoms with Gasteiger partial charge in [0.1, 0.15) is 0 Å². The highest BCUT2D eigenvalue weighted by atomic mass is 35.5. The second-order valence-electron chi connectivity index (χ2n) is 4.09. The molecule has 0 aliphatic rings. The summed E-state index contributed by atoms with van der Waals surface area (Å²) in [5.74, 6) is -1.71. The Kier molecular flexibility index (Phi) is 6.55. The molecule has 0 heterocycles. The van der Waals surface area contributed by atoms with E-state index in [2.05, 4.69) is 10.6 Å². The summed E-state index contributed by atoms with van der Waals surface area (Å²) in [7, 11) is 0. The van der Waals surface area contributed by atoms with Crippen LogP contribution in [0.15, 0.2) is 12.1 Å². The molecular weight excluding hydrogens is 327 g/mol. The van der Waals surface area contributed by atoms with Crippen molar-refractivity contribution in [3.05, 3.63) is 27.2 Å². The molecule has 1 rings (SSSR count). The number of halogens is 3. The van der Waals surface area contributed by atoms with Gasteiger partial charge in [0.15, 0.2) is 0 Å². The summed E-state index contributed by atoms with van der Waals surface area (Å²) in [5, 5.41) is 14.1. The van der Waals surface area contributed by atoms with Gasteiger partial charge in [0.2, 0.25) is 0 Å². The lowest BCUT2D eigenvalue weighted by Crippen LogP contribution is -2.40. The van der Waals surface area contributed by atoms with Crippen LogP contribution in [0.25, 0.3) is 0 Å². The van der Waals surface area contributed by atoms with Crippen molar-refractivity contribution in [1.82, 2.24) is 5.32 Å². The summed E-state index contributed by atoms with van der Waals surface area (Å²) in [6, 6.07) is 2.41. The largest absolute Gasteiger partial charge is 0.396 e. The van der Waals surface area contributed by atoms with Gasteiger partial charge in [-0.3, -0.25) is 9.59 Å². The van der Waals surface area contributed by atoms with Crippen molar-refractivity contribution in [1.29, 1.82) is 0 Å². The fraction of sp³-hybridized carbons (Fsp3) is 0.333. The minimum Gasteiger partial charge on any atom is -0.396 e. The summed E-state index contributed by atoms with van der Waals surface area (Å²) >= 11 is 17.4. The van der Waals surface area contributed by atoms with E-state index in [0.717, 1.165) is 0 Å². The smallest absolute Gasteiger partial charge is 0.313 e. The van der Waals surface area contributed by atoms with Gasteiger partial charge in [0.05, 0.1) is 20.8 Å². The summed E-state index contributed by atoms with van der Waals surface area (Å²) in [4.78, 5) is 23.3. The topological polar surface area (TPSA) is 78.4 Å². The van der Waals surface area contributed by atoms with Crippen LogP contribution in [0, 0.1) is 0 Å². The molecule has 5 nitrogen and oxygen atoms in total. The summed E-state index contributed by atoms with van der Waals surface area (Å²) in [6.45, 7) is 1.59. The summed E-state index contributed by atoms with van der Waals surface area (Å²) < 4.78 is 0. The highest BCUT2D eigenvalue weighted by Crippen LogP contribution is 2.32. The van der Waals surface area contributed by atoms with Gasteiger partial charge >= 0.3 is 11.8 Å². The van der Waals surface area contributed by atoms with Crippen molar-refractivity contribution in [2.45, 2.75) is 19.4 Å². The number of hydrogen-bond donors (Lipinski definition) is 3. The number of anilines is 1. The number of nitrogens with one attached hydrogen (secondary N) is 2. The number of benzene rings is 1. The zero-order valence-electron chi connectivity index (χ0n) is 10.5. The average molecular weight is 340 g/mol. The van der Waals surface area contributed by atoms with Crippen LogP contribution in [0.4, 0.5) is 5.69 Å². The van der Waals surface area contributed by atoms with Crippen molar-refractivity contribution in [2.24, 2.45) is 0 Å². The van der Waals surface area contributed by atoms with Crippen LogP contribution in [0.1, 0.15) is 13.3 Å². The number of aliphatic hydroxyl groups is 1. The maximum absolute atomic E-state index is 11.7. The van der Waals surface area contributed by atoms with E-state index < -0.39 is 11.8 Å². The Balaban J connectivity index is 2.71. The Labute approximate surface area is 131 Å². The molecule has 1 aromatic rings. The minimum absolute atomic E-state index is 0.0817. The number of carbonyl (C=O) groups excluding carboxylic acids is 2. The molecule has 0 spiro atoms. The molecule has 0 unspecified atom stereocenters. The van der Waals surface area contributed by atoms with Gasteiger partial charge in [-0.2, -0.15) is 0 Å². The van der Waals surface area contributed by atoms with Crippen LogP contribution in [0.2, 0.25) is 15.1 Å². The third-order valence-electron chi connectivity index (χ3n) is 2.40. The molecule has 20 heavy (non-hydrogen) atoms. The van der Waals surface area contributed by atoms with E-state index in [1.807, 2.05) is 0 Å². The van der Waals surface area contributed by atoms with E-state index in [1.54, 1.807) is 6.92 Å². The molecule has 2 amide bonds. The Hall–Kier alpha value is -1.01. The lowest BCUT2D eigenvalue weighted by atomic mass is 10.2. The van der Waals surface area contributed by atoms with Gasteiger partial charge in [-0.15, -0.1) is 0 Å². The molecule has 0 aliphatic carbocycles. The Morgan fingerprint density at radius 3 is 2.35 bits per heavy atom. The SMILES string of the molecule is C[C@H](CCO)NC(=O)C(=O)Nc1cc(Cl)c(Cl)cc1Cl. The maximum Gasteiger partial charge on any atom is 0.313 e. The first kappa shape index (κ1) is 17.0. The summed E-state index contributed by atoms with van der Waals surface area (Å²) in [6.07, 6.45) is 0.354. The molecule has 110 valence electrons. The van der Waals surface area contributed by atoms with Crippen LogP contribution >= 0.6 is 34.8 Å². The fourth-order valence-corrected chi connectivity index (χ4v) is 1.95. The van der Waals surface area contributed by atoms with E-state index in [0.29, 0.717) is 6.42 Å². The standard InChI is InChI=1S/C12H13Cl3N2O3/c1-6(2-3-18)16-11(19)12(20)17-10-5-8(14)7(13)4-9(10)15/h4-6,18H,2-3H2,1H3,(H,16,19)(H,17,20)/t6-/m1/s1. The predicted molar refractivity (Wildman–Crippen MR) is 79.4 cm³/mol. The van der Waals surface area contributed by atoms with Gasteiger partial charge in [-0.25, -0.2) is 0 Å². The molecule has 0 bridgehead atoms. The second kappa shape index (κ2) is 7.69. The van der Waals surface area contributed by atoms with Crippen LogP contribution in [0.5, 0.6) is 0 Å². The molecule has 1 atom stereocenters. The third kappa shape index (κ3) is 4.83. The fourth-order valence-electron chi connectivity index (χ4n) is 1.35. The van der Waals surface area contributed by atoms with Gasteiger partial charge in [-0.1, -0.05) is 34.8 Å². The Morgan fingerprint density at radius 1 is 1.15 bits per heavy atom. The lowest BCUT2D eigenvalue weighted by Gasteiger charge is -2.13. The molecule has 0 aliphatic heterocycles. The zero-order valence-corrected chi connectivity index (χ0v) is 12.8. The first-order valence-electron chi connectivity index (χ1n) is 5.72. The van der Waals surface area contributed by atoms with E-state index in [9.17, 15) is 9.59 Å². The van der Waals surface area contributed by atoms with E-state index >= 15 is 0 Å².